The number of carbonyl (C=O) groups excluding carboxylic acids is 1. The summed E-state index contributed by atoms with van der Waals surface area (Å²) in [5.74, 6) is 0.542. The maximum absolute atomic E-state index is 13.0. The van der Waals surface area contributed by atoms with Crippen LogP contribution < -0.4 is 10.2 Å². The highest BCUT2D eigenvalue weighted by molar-refractivity contribution is 5.95. The van der Waals surface area contributed by atoms with E-state index in [9.17, 15) is 10.1 Å². The van der Waals surface area contributed by atoms with Crippen LogP contribution in [0.4, 0.5) is 17.2 Å². The Kier molecular flexibility index (Phi) is 5.62. The van der Waals surface area contributed by atoms with Gasteiger partial charge in [0.2, 0.25) is 0 Å². The second-order valence-electron chi connectivity index (χ2n) is 7.33. The van der Waals surface area contributed by atoms with Gasteiger partial charge in [0.1, 0.15) is 11.9 Å². The van der Waals surface area contributed by atoms with Crippen molar-refractivity contribution in [1.82, 2.24) is 9.88 Å². The monoisotopic (exact) mass is 397 g/mol. The third kappa shape index (κ3) is 4.26. The summed E-state index contributed by atoms with van der Waals surface area (Å²) in [5.41, 5.74) is 4.23. The quantitative estimate of drug-likeness (QED) is 0.721. The Morgan fingerprint density at radius 3 is 2.60 bits per heavy atom. The predicted octanol–water partition coefficient (Wildman–Crippen LogP) is 3.97. The minimum Gasteiger partial charge on any atom is -0.368 e. The summed E-state index contributed by atoms with van der Waals surface area (Å²) in [6.45, 7) is 5.06. The van der Waals surface area contributed by atoms with Gasteiger partial charge in [0.25, 0.3) is 5.91 Å². The Hall–Kier alpha value is -3.85. The number of anilines is 3. The fourth-order valence-electron chi connectivity index (χ4n) is 3.63. The molecule has 0 unspecified atom stereocenters. The zero-order valence-corrected chi connectivity index (χ0v) is 16.9. The number of nitrogens with one attached hydrogen (secondary N) is 1. The molecule has 6 nitrogen and oxygen atoms in total. The average Bonchev–Trinajstić information content (AvgIpc) is 2.79. The molecule has 2 aromatic carbocycles. The van der Waals surface area contributed by atoms with E-state index in [2.05, 4.69) is 52.5 Å². The first kappa shape index (κ1) is 19.5. The van der Waals surface area contributed by atoms with Gasteiger partial charge in [-0.1, -0.05) is 24.3 Å². The molecule has 1 saturated heterocycles. The van der Waals surface area contributed by atoms with Gasteiger partial charge in [0, 0.05) is 43.6 Å². The summed E-state index contributed by atoms with van der Waals surface area (Å²) in [4.78, 5) is 21.5. The first-order valence-electron chi connectivity index (χ1n) is 9.97. The van der Waals surface area contributed by atoms with E-state index < -0.39 is 0 Å². The maximum atomic E-state index is 13.0. The third-order valence-corrected chi connectivity index (χ3v) is 5.25. The molecule has 2 heterocycles. The molecule has 3 aromatic rings. The number of piperazine rings is 1. The van der Waals surface area contributed by atoms with E-state index in [-0.39, 0.29) is 5.91 Å². The predicted molar refractivity (Wildman–Crippen MR) is 118 cm³/mol. The molecular weight excluding hydrogens is 374 g/mol. The van der Waals surface area contributed by atoms with Crippen LogP contribution in [0.3, 0.4) is 0 Å². The molecule has 0 radical (unpaired) electrons. The third-order valence-electron chi connectivity index (χ3n) is 5.25. The van der Waals surface area contributed by atoms with Crippen molar-refractivity contribution in [2.75, 3.05) is 36.4 Å². The van der Waals surface area contributed by atoms with E-state index in [1.165, 1.54) is 11.3 Å². The van der Waals surface area contributed by atoms with Gasteiger partial charge in [-0.05, 0) is 48.9 Å². The van der Waals surface area contributed by atoms with Gasteiger partial charge in [-0.15, -0.1) is 0 Å². The molecule has 1 aliphatic heterocycles. The Morgan fingerprint density at radius 2 is 1.83 bits per heavy atom. The molecule has 6 heteroatoms. The van der Waals surface area contributed by atoms with Gasteiger partial charge in [-0.25, -0.2) is 4.98 Å². The molecule has 4 rings (SSSR count). The van der Waals surface area contributed by atoms with Gasteiger partial charge < -0.3 is 15.1 Å². The smallest absolute Gasteiger partial charge is 0.254 e. The number of rotatable bonds is 4. The number of carbonyl (C=O) groups is 1. The van der Waals surface area contributed by atoms with E-state index in [1.54, 1.807) is 24.4 Å². The molecule has 1 N–H and O–H groups in total. The summed E-state index contributed by atoms with van der Waals surface area (Å²) in [6, 6.07) is 21.3. The number of hydrogen-bond donors (Lipinski definition) is 1. The van der Waals surface area contributed by atoms with Crippen molar-refractivity contribution in [3.05, 3.63) is 83.6 Å². The van der Waals surface area contributed by atoms with Gasteiger partial charge in [-0.2, -0.15) is 5.26 Å². The second kappa shape index (κ2) is 8.66. The van der Waals surface area contributed by atoms with Crippen molar-refractivity contribution in [3.63, 3.8) is 0 Å². The van der Waals surface area contributed by atoms with E-state index in [0.29, 0.717) is 35.7 Å². The van der Waals surface area contributed by atoms with Crippen molar-refractivity contribution < 1.29 is 4.79 Å². The first-order chi connectivity index (χ1) is 14.6. The highest BCUT2D eigenvalue weighted by Crippen LogP contribution is 2.21. The lowest BCUT2D eigenvalue weighted by Gasteiger charge is -2.36. The lowest BCUT2D eigenvalue weighted by Crippen LogP contribution is -2.48. The van der Waals surface area contributed by atoms with Crippen LogP contribution in [0.25, 0.3) is 0 Å². The van der Waals surface area contributed by atoms with Crippen molar-refractivity contribution in [2.24, 2.45) is 0 Å². The Labute approximate surface area is 176 Å². The van der Waals surface area contributed by atoms with Crippen molar-refractivity contribution >= 4 is 23.1 Å². The minimum atomic E-state index is -0.00193. The number of aryl methyl sites for hydroxylation is 1. The van der Waals surface area contributed by atoms with Gasteiger partial charge >= 0.3 is 0 Å². The SMILES string of the molecule is Cc1cccc(N2CCN(C(=O)c3ccnc(Nc4ccccc4C#N)c3)CC2)c1. The Balaban J connectivity index is 1.43. The number of pyridine rings is 1. The Bertz CT molecular complexity index is 1100. The van der Waals surface area contributed by atoms with Crippen LogP contribution in [-0.4, -0.2) is 42.0 Å². The topological polar surface area (TPSA) is 72.3 Å². The zero-order chi connectivity index (χ0) is 20.9. The summed E-state index contributed by atoms with van der Waals surface area (Å²) in [5, 5.41) is 12.4. The molecule has 1 aromatic heterocycles. The maximum Gasteiger partial charge on any atom is 0.254 e. The number of benzene rings is 2. The molecule has 0 spiro atoms. The van der Waals surface area contributed by atoms with Crippen LogP contribution in [-0.2, 0) is 0 Å². The van der Waals surface area contributed by atoms with Crippen molar-refractivity contribution in [2.45, 2.75) is 6.92 Å². The normalized spacial score (nSPS) is 13.6. The van der Waals surface area contributed by atoms with E-state index in [4.69, 9.17) is 0 Å². The standard InChI is InChI=1S/C24H23N5O/c1-18-5-4-7-21(15-18)28-11-13-29(14-12-28)24(30)19-9-10-26-23(16-19)27-22-8-3-2-6-20(22)17-25/h2-10,15-16H,11-14H2,1H3,(H,26,27). The van der Waals surface area contributed by atoms with E-state index >= 15 is 0 Å². The molecule has 1 amide bonds. The van der Waals surface area contributed by atoms with E-state index in [0.717, 1.165) is 13.1 Å². The number of para-hydroxylation sites is 1. The van der Waals surface area contributed by atoms with Crippen LogP contribution in [0, 0.1) is 18.3 Å². The number of amides is 1. The molecule has 1 fully saturated rings. The lowest BCUT2D eigenvalue weighted by molar-refractivity contribution is 0.0746. The fourth-order valence-corrected chi connectivity index (χ4v) is 3.63. The van der Waals surface area contributed by atoms with Crippen molar-refractivity contribution in [1.29, 1.82) is 5.26 Å². The van der Waals surface area contributed by atoms with Crippen LogP contribution in [0.15, 0.2) is 66.9 Å². The molecular formula is C24H23N5O. The lowest BCUT2D eigenvalue weighted by atomic mass is 10.1. The summed E-state index contributed by atoms with van der Waals surface area (Å²) < 4.78 is 0. The molecule has 0 bridgehead atoms. The second-order valence-corrected chi connectivity index (χ2v) is 7.33. The first-order valence-corrected chi connectivity index (χ1v) is 9.97. The molecule has 150 valence electrons. The molecule has 0 atom stereocenters. The highest BCUT2D eigenvalue weighted by Gasteiger charge is 2.22. The molecule has 1 aliphatic rings. The minimum absolute atomic E-state index is 0.00193. The van der Waals surface area contributed by atoms with Crippen molar-refractivity contribution in [3.8, 4) is 6.07 Å². The number of nitrogens with zero attached hydrogens (tertiary/aromatic N) is 4. The average molecular weight is 397 g/mol. The van der Waals surface area contributed by atoms with Crippen LogP contribution >= 0.6 is 0 Å². The Morgan fingerprint density at radius 1 is 1.03 bits per heavy atom. The number of hydrogen-bond acceptors (Lipinski definition) is 5. The highest BCUT2D eigenvalue weighted by atomic mass is 16.2. The van der Waals surface area contributed by atoms with Crippen LogP contribution in [0.2, 0.25) is 0 Å². The van der Waals surface area contributed by atoms with Gasteiger partial charge in [-0.3, -0.25) is 4.79 Å². The fraction of sp³-hybridized carbons (Fsp3) is 0.208. The van der Waals surface area contributed by atoms with Crippen LogP contribution in [0.5, 0.6) is 0 Å². The summed E-state index contributed by atoms with van der Waals surface area (Å²) in [6.07, 6.45) is 1.62. The van der Waals surface area contributed by atoms with Gasteiger partial charge in [0.15, 0.2) is 0 Å². The summed E-state index contributed by atoms with van der Waals surface area (Å²) >= 11 is 0. The largest absolute Gasteiger partial charge is 0.368 e. The van der Waals surface area contributed by atoms with Gasteiger partial charge in [0.05, 0.1) is 11.3 Å². The van der Waals surface area contributed by atoms with E-state index in [1.807, 2.05) is 23.1 Å². The van der Waals surface area contributed by atoms with Crippen LogP contribution in [0.1, 0.15) is 21.5 Å². The molecule has 0 aliphatic carbocycles. The zero-order valence-electron chi connectivity index (χ0n) is 16.9. The number of aromatic nitrogens is 1. The number of nitriles is 1. The molecule has 30 heavy (non-hydrogen) atoms. The summed E-state index contributed by atoms with van der Waals surface area (Å²) in [7, 11) is 0. The molecule has 0 saturated carbocycles.